The fourth-order valence-corrected chi connectivity index (χ4v) is 7.19. The number of aromatic amines is 1. The van der Waals surface area contributed by atoms with Gasteiger partial charge in [-0.05, 0) is 40.8 Å². The summed E-state index contributed by atoms with van der Waals surface area (Å²) in [6.45, 7) is 6.46. The molecule has 0 saturated carbocycles. The van der Waals surface area contributed by atoms with E-state index in [1.165, 1.54) is 22.2 Å². The molecule has 5 nitrogen and oxygen atoms in total. The summed E-state index contributed by atoms with van der Waals surface area (Å²) >= 11 is 5.84. The summed E-state index contributed by atoms with van der Waals surface area (Å²) in [7, 11) is 0. The highest BCUT2D eigenvalue weighted by Crippen LogP contribution is 2.53. The minimum Gasteiger partial charge on any atom is -0.307 e. The van der Waals surface area contributed by atoms with Gasteiger partial charge >= 0.3 is 4.87 Å². The van der Waals surface area contributed by atoms with E-state index in [2.05, 4.69) is 53.8 Å². The number of carbonyl (C=O) groups excluding carboxylic acids is 2. The molecule has 0 bridgehead atoms. The lowest BCUT2D eigenvalue weighted by atomic mass is 9.81. The fraction of sp³-hybridized carbons (Fsp3) is 0.292. The van der Waals surface area contributed by atoms with Gasteiger partial charge in [-0.15, -0.1) is 0 Å². The summed E-state index contributed by atoms with van der Waals surface area (Å²) in [6, 6.07) is 15.4. The third-order valence-corrected chi connectivity index (χ3v) is 8.97. The van der Waals surface area contributed by atoms with Crippen molar-refractivity contribution in [2.45, 2.75) is 42.4 Å². The Morgan fingerprint density at radius 1 is 0.938 bits per heavy atom. The number of hydrogen-bond donors (Lipinski definition) is 1. The van der Waals surface area contributed by atoms with Crippen molar-refractivity contribution < 1.29 is 9.59 Å². The number of H-pyrrole nitrogens is 1. The number of halogens is 1. The third kappa shape index (κ3) is 3.49. The number of nitrogens with one attached hydrogen (secondary N) is 1. The lowest BCUT2D eigenvalue weighted by molar-refractivity contribution is -0.122. The van der Waals surface area contributed by atoms with Crippen molar-refractivity contribution in [1.82, 2.24) is 4.98 Å². The average Bonchev–Trinajstić information content (AvgIpc) is 3.23. The predicted molar refractivity (Wildman–Crippen MR) is 132 cm³/mol. The Kier molecular flexibility index (Phi) is 5.22. The Balaban J connectivity index is 1.61. The number of fused-ring (bicyclic) bond motifs is 2. The molecule has 0 spiro atoms. The lowest BCUT2D eigenvalue weighted by Gasteiger charge is -2.30. The van der Waals surface area contributed by atoms with E-state index in [4.69, 9.17) is 0 Å². The first-order chi connectivity index (χ1) is 15.1. The number of anilines is 1. The molecule has 2 aliphatic heterocycles. The molecule has 3 atom stereocenters. The minimum atomic E-state index is -0.573. The van der Waals surface area contributed by atoms with E-state index < -0.39 is 11.2 Å². The largest absolute Gasteiger partial charge is 0.307 e. The van der Waals surface area contributed by atoms with Gasteiger partial charge in [-0.2, -0.15) is 0 Å². The highest BCUT2D eigenvalue weighted by Gasteiger charge is 2.56. The van der Waals surface area contributed by atoms with Crippen LogP contribution >= 0.6 is 39.0 Å². The Hall–Kier alpha value is -2.16. The molecule has 32 heavy (non-hydrogen) atoms. The number of benzene rings is 2. The molecule has 8 heteroatoms. The van der Waals surface area contributed by atoms with E-state index in [-0.39, 0.29) is 28.0 Å². The van der Waals surface area contributed by atoms with Gasteiger partial charge in [-0.1, -0.05) is 84.1 Å². The molecule has 3 heterocycles. The number of aromatic nitrogens is 1. The molecule has 3 unspecified atom stereocenters. The molecule has 2 aliphatic rings. The van der Waals surface area contributed by atoms with Crippen molar-refractivity contribution in [3.63, 3.8) is 0 Å². The monoisotopic (exact) mass is 528 g/mol. The molecule has 2 aromatic carbocycles. The van der Waals surface area contributed by atoms with Crippen molar-refractivity contribution in [1.29, 1.82) is 0 Å². The highest BCUT2D eigenvalue weighted by molar-refractivity contribution is 9.10. The second kappa shape index (κ2) is 7.71. The number of hydrogen-bond acceptors (Lipinski definition) is 5. The second-order valence-electron chi connectivity index (χ2n) is 9.11. The highest BCUT2D eigenvalue weighted by atomic mass is 79.9. The van der Waals surface area contributed by atoms with Crippen LogP contribution in [0.1, 0.15) is 42.7 Å². The fourth-order valence-electron chi connectivity index (χ4n) is 4.41. The van der Waals surface area contributed by atoms with E-state index >= 15 is 0 Å². The standard InChI is InChI=1S/C24H21BrN2O3S2/c1-24(2,3)13-6-4-12(5-7-13)16-17-19(31-20-18(16)32-23(30)26-20)22(29)27(21(17)28)15-10-8-14(25)9-11-15/h4-11,16-17,19H,1-3H3,(H,26,30). The second-order valence-corrected chi connectivity index (χ2v) is 12.2. The van der Waals surface area contributed by atoms with Crippen molar-refractivity contribution >= 4 is 56.5 Å². The molecule has 0 radical (unpaired) electrons. The third-order valence-electron chi connectivity index (χ3n) is 6.04. The number of rotatable bonds is 2. The molecule has 1 aromatic heterocycles. The van der Waals surface area contributed by atoms with Crippen LogP contribution in [0.3, 0.4) is 0 Å². The van der Waals surface area contributed by atoms with Crippen LogP contribution in [0.4, 0.5) is 5.69 Å². The van der Waals surface area contributed by atoms with Gasteiger partial charge in [0.15, 0.2) is 0 Å². The minimum absolute atomic E-state index is 0.00503. The maximum Gasteiger partial charge on any atom is 0.305 e. The Labute approximate surface area is 202 Å². The zero-order valence-electron chi connectivity index (χ0n) is 17.7. The Morgan fingerprint density at radius 3 is 2.22 bits per heavy atom. The van der Waals surface area contributed by atoms with Crippen LogP contribution in [0.5, 0.6) is 0 Å². The molecular formula is C24H21BrN2O3S2. The Bertz CT molecular complexity index is 1270. The summed E-state index contributed by atoms with van der Waals surface area (Å²) < 4.78 is 0.878. The van der Waals surface area contributed by atoms with Gasteiger partial charge in [0.25, 0.3) is 0 Å². The first-order valence-electron chi connectivity index (χ1n) is 10.3. The van der Waals surface area contributed by atoms with Gasteiger partial charge in [0, 0.05) is 15.3 Å². The van der Waals surface area contributed by atoms with Crippen molar-refractivity contribution in [3.8, 4) is 0 Å². The first-order valence-corrected chi connectivity index (χ1v) is 12.8. The zero-order chi connectivity index (χ0) is 22.8. The van der Waals surface area contributed by atoms with E-state index in [1.807, 2.05) is 24.3 Å². The summed E-state index contributed by atoms with van der Waals surface area (Å²) in [5, 5.41) is 0.126. The normalized spacial score (nSPS) is 22.8. The van der Waals surface area contributed by atoms with E-state index in [0.29, 0.717) is 10.7 Å². The van der Waals surface area contributed by atoms with Gasteiger partial charge in [-0.3, -0.25) is 14.4 Å². The molecule has 5 rings (SSSR count). The van der Waals surface area contributed by atoms with Gasteiger partial charge in [-0.25, -0.2) is 4.90 Å². The summed E-state index contributed by atoms with van der Waals surface area (Å²) in [4.78, 5) is 44.1. The number of imide groups is 1. The van der Waals surface area contributed by atoms with Gasteiger partial charge in [0.2, 0.25) is 11.8 Å². The van der Waals surface area contributed by atoms with Crippen molar-refractivity contribution in [2.75, 3.05) is 4.90 Å². The predicted octanol–water partition coefficient (Wildman–Crippen LogP) is 5.29. The van der Waals surface area contributed by atoms with Crippen molar-refractivity contribution in [3.05, 3.63) is 78.7 Å². The number of thioether (sulfide) groups is 1. The maximum atomic E-state index is 13.7. The van der Waals surface area contributed by atoms with Gasteiger partial charge in [0.1, 0.15) is 5.25 Å². The topological polar surface area (TPSA) is 70.2 Å². The van der Waals surface area contributed by atoms with Crippen LogP contribution in [0, 0.1) is 5.92 Å². The molecule has 1 saturated heterocycles. The zero-order valence-corrected chi connectivity index (χ0v) is 20.9. The summed E-state index contributed by atoms with van der Waals surface area (Å²) in [5.74, 6) is -1.35. The molecule has 2 amide bonds. The van der Waals surface area contributed by atoms with Crippen LogP contribution in [-0.2, 0) is 15.0 Å². The van der Waals surface area contributed by atoms with Crippen LogP contribution in [-0.4, -0.2) is 22.0 Å². The first kappa shape index (κ1) is 21.7. The van der Waals surface area contributed by atoms with Crippen LogP contribution in [0.15, 0.2) is 62.8 Å². The molecule has 1 fully saturated rings. The van der Waals surface area contributed by atoms with Crippen LogP contribution in [0.25, 0.3) is 0 Å². The average molecular weight is 529 g/mol. The molecule has 3 aromatic rings. The number of nitrogens with zero attached hydrogens (tertiary/aromatic N) is 1. The Morgan fingerprint density at radius 2 is 1.59 bits per heavy atom. The maximum absolute atomic E-state index is 13.7. The van der Waals surface area contributed by atoms with Crippen molar-refractivity contribution in [2.24, 2.45) is 5.92 Å². The van der Waals surface area contributed by atoms with Crippen LogP contribution in [0.2, 0.25) is 0 Å². The quantitative estimate of drug-likeness (QED) is 0.458. The van der Waals surface area contributed by atoms with E-state index in [9.17, 15) is 14.4 Å². The number of carbonyl (C=O) groups is 2. The van der Waals surface area contributed by atoms with Crippen LogP contribution < -0.4 is 9.77 Å². The molecular weight excluding hydrogens is 508 g/mol. The van der Waals surface area contributed by atoms with E-state index in [0.717, 1.165) is 26.3 Å². The lowest BCUT2D eigenvalue weighted by Crippen LogP contribution is -2.32. The smallest absolute Gasteiger partial charge is 0.305 e. The van der Waals surface area contributed by atoms with Gasteiger partial charge < -0.3 is 4.98 Å². The molecule has 1 N–H and O–H groups in total. The summed E-state index contributed by atoms with van der Waals surface area (Å²) in [5.41, 5.74) is 2.71. The summed E-state index contributed by atoms with van der Waals surface area (Å²) in [6.07, 6.45) is 0. The van der Waals surface area contributed by atoms with E-state index in [1.54, 1.807) is 12.1 Å². The van der Waals surface area contributed by atoms with Gasteiger partial charge in [0.05, 0.1) is 16.6 Å². The molecule has 164 valence electrons. The number of amides is 2. The SMILES string of the molecule is CC(C)(C)c1ccc(C2c3sc(=O)[nH]c3SC3C(=O)N(c4ccc(Br)cc4)C(=O)C32)cc1. The molecule has 0 aliphatic carbocycles. The number of thiazole rings is 1.